The first kappa shape index (κ1) is 16.1. The molecule has 0 bridgehead atoms. The van der Waals surface area contributed by atoms with Gasteiger partial charge in [-0.25, -0.2) is 4.39 Å². The Labute approximate surface area is 116 Å². The van der Waals surface area contributed by atoms with E-state index in [9.17, 15) is 4.39 Å². The van der Waals surface area contributed by atoms with Crippen LogP contribution < -0.4 is 5.32 Å². The lowest BCUT2D eigenvalue weighted by atomic mass is 10.0. The van der Waals surface area contributed by atoms with Crippen LogP contribution in [0.15, 0.2) is 18.3 Å². The second-order valence-corrected chi connectivity index (χ2v) is 5.55. The van der Waals surface area contributed by atoms with Crippen LogP contribution in [-0.4, -0.2) is 36.6 Å². The number of pyridine rings is 1. The van der Waals surface area contributed by atoms with Crippen LogP contribution in [0.25, 0.3) is 0 Å². The number of hydrogen-bond donors (Lipinski definition) is 1. The summed E-state index contributed by atoms with van der Waals surface area (Å²) < 4.78 is 12.9. The third kappa shape index (κ3) is 4.88. The smallest absolute Gasteiger partial charge is 0.141 e. The summed E-state index contributed by atoms with van der Waals surface area (Å²) in [6.07, 6.45) is 2.22. The van der Waals surface area contributed by atoms with E-state index < -0.39 is 0 Å². The summed E-state index contributed by atoms with van der Waals surface area (Å²) in [7, 11) is 4.20. The lowest BCUT2D eigenvalue weighted by Crippen LogP contribution is -2.42. The standard InChI is InChI=1S/C15H26FN3/c1-6-13(14-8-7-12(16)9-17-14)18-10-15(11(2)3)19(4)5/h7-9,11,13,15,18H,6,10H2,1-5H3. The summed E-state index contributed by atoms with van der Waals surface area (Å²) in [5.74, 6) is 0.299. The number of halogens is 1. The molecular weight excluding hydrogens is 241 g/mol. The number of nitrogens with one attached hydrogen (secondary N) is 1. The second kappa shape index (κ2) is 7.56. The van der Waals surface area contributed by atoms with E-state index in [0.29, 0.717) is 12.0 Å². The molecule has 3 nitrogen and oxygen atoms in total. The zero-order valence-electron chi connectivity index (χ0n) is 12.7. The van der Waals surface area contributed by atoms with Crippen LogP contribution in [0.1, 0.15) is 38.9 Å². The molecule has 1 N–H and O–H groups in total. The molecule has 0 aliphatic rings. The molecule has 0 saturated carbocycles. The maximum Gasteiger partial charge on any atom is 0.141 e. The van der Waals surface area contributed by atoms with E-state index in [4.69, 9.17) is 0 Å². The topological polar surface area (TPSA) is 28.2 Å². The first-order valence-electron chi connectivity index (χ1n) is 6.97. The van der Waals surface area contributed by atoms with Gasteiger partial charge in [-0.2, -0.15) is 0 Å². The predicted molar refractivity (Wildman–Crippen MR) is 77.5 cm³/mol. The Balaban J connectivity index is 2.64. The second-order valence-electron chi connectivity index (χ2n) is 5.55. The molecule has 0 radical (unpaired) electrons. The quantitative estimate of drug-likeness (QED) is 0.823. The van der Waals surface area contributed by atoms with Crippen molar-refractivity contribution in [3.05, 3.63) is 29.8 Å². The largest absolute Gasteiger partial charge is 0.307 e. The number of aromatic nitrogens is 1. The van der Waals surface area contributed by atoms with E-state index in [1.54, 1.807) is 6.07 Å². The highest BCUT2D eigenvalue weighted by atomic mass is 19.1. The molecule has 0 aliphatic carbocycles. The zero-order chi connectivity index (χ0) is 14.4. The van der Waals surface area contributed by atoms with Gasteiger partial charge in [0, 0.05) is 18.6 Å². The minimum atomic E-state index is -0.285. The Morgan fingerprint density at radius 2 is 2.00 bits per heavy atom. The first-order valence-corrected chi connectivity index (χ1v) is 6.97. The van der Waals surface area contributed by atoms with Gasteiger partial charge in [0.2, 0.25) is 0 Å². The van der Waals surface area contributed by atoms with E-state index in [1.807, 2.05) is 0 Å². The van der Waals surface area contributed by atoms with Gasteiger partial charge in [-0.3, -0.25) is 4.98 Å². The number of rotatable bonds is 7. The molecule has 1 rings (SSSR count). The molecule has 4 heteroatoms. The van der Waals surface area contributed by atoms with E-state index in [2.05, 4.69) is 50.1 Å². The normalized spacial score (nSPS) is 14.9. The van der Waals surface area contributed by atoms with Crippen LogP contribution in [0.2, 0.25) is 0 Å². The molecule has 2 unspecified atom stereocenters. The summed E-state index contributed by atoms with van der Waals surface area (Å²) in [5.41, 5.74) is 0.908. The first-order chi connectivity index (χ1) is 8.95. The SMILES string of the molecule is CCC(NCC(C(C)C)N(C)C)c1ccc(F)cn1. The molecule has 0 aliphatic heterocycles. The zero-order valence-corrected chi connectivity index (χ0v) is 12.7. The summed E-state index contributed by atoms with van der Waals surface area (Å²) in [6.45, 7) is 7.47. The fourth-order valence-corrected chi connectivity index (χ4v) is 2.33. The summed E-state index contributed by atoms with van der Waals surface area (Å²) >= 11 is 0. The molecular formula is C15H26FN3. The summed E-state index contributed by atoms with van der Waals surface area (Å²) in [4.78, 5) is 6.40. The van der Waals surface area contributed by atoms with Crippen LogP contribution >= 0.6 is 0 Å². The summed E-state index contributed by atoms with van der Waals surface area (Å²) in [5, 5.41) is 3.54. The van der Waals surface area contributed by atoms with Gasteiger partial charge in [0.15, 0.2) is 0 Å². The van der Waals surface area contributed by atoms with Gasteiger partial charge in [-0.05, 0) is 38.6 Å². The van der Waals surface area contributed by atoms with Crippen molar-refractivity contribution in [3.63, 3.8) is 0 Å². The fourth-order valence-electron chi connectivity index (χ4n) is 2.33. The number of nitrogens with zero attached hydrogens (tertiary/aromatic N) is 2. The highest BCUT2D eigenvalue weighted by Gasteiger charge is 2.18. The molecule has 0 spiro atoms. The average molecular weight is 267 g/mol. The van der Waals surface area contributed by atoms with Gasteiger partial charge < -0.3 is 10.2 Å². The molecule has 1 heterocycles. The van der Waals surface area contributed by atoms with Gasteiger partial charge in [0.25, 0.3) is 0 Å². The Kier molecular flexibility index (Phi) is 6.38. The van der Waals surface area contributed by atoms with Gasteiger partial charge in [-0.15, -0.1) is 0 Å². The third-order valence-corrected chi connectivity index (χ3v) is 3.52. The highest BCUT2D eigenvalue weighted by Crippen LogP contribution is 2.15. The van der Waals surface area contributed by atoms with Gasteiger partial charge in [0.05, 0.1) is 11.9 Å². The van der Waals surface area contributed by atoms with Crippen LogP contribution in [0.3, 0.4) is 0 Å². The van der Waals surface area contributed by atoms with Crippen LogP contribution in [0, 0.1) is 11.7 Å². The monoisotopic (exact) mass is 267 g/mol. The van der Waals surface area contributed by atoms with Gasteiger partial charge >= 0.3 is 0 Å². The average Bonchev–Trinajstić information content (AvgIpc) is 2.35. The van der Waals surface area contributed by atoms with E-state index in [-0.39, 0.29) is 11.9 Å². The Hall–Kier alpha value is -1.00. The number of hydrogen-bond acceptors (Lipinski definition) is 3. The molecule has 0 saturated heterocycles. The van der Waals surface area contributed by atoms with Crippen molar-refractivity contribution in [3.8, 4) is 0 Å². The van der Waals surface area contributed by atoms with Crippen molar-refractivity contribution in [1.29, 1.82) is 0 Å². The van der Waals surface area contributed by atoms with Crippen molar-refractivity contribution in [2.45, 2.75) is 39.3 Å². The molecule has 0 aromatic carbocycles. The minimum Gasteiger partial charge on any atom is -0.307 e. The highest BCUT2D eigenvalue weighted by molar-refractivity contribution is 5.09. The van der Waals surface area contributed by atoms with Crippen molar-refractivity contribution in [2.75, 3.05) is 20.6 Å². The van der Waals surface area contributed by atoms with Crippen molar-refractivity contribution >= 4 is 0 Å². The molecule has 108 valence electrons. The molecule has 0 fully saturated rings. The van der Waals surface area contributed by atoms with Crippen LogP contribution in [0.5, 0.6) is 0 Å². The molecule has 1 aromatic rings. The fraction of sp³-hybridized carbons (Fsp3) is 0.667. The Bertz CT molecular complexity index is 354. The predicted octanol–water partition coefficient (Wildman–Crippen LogP) is 2.85. The Morgan fingerprint density at radius 3 is 2.42 bits per heavy atom. The van der Waals surface area contributed by atoms with Crippen molar-refractivity contribution in [1.82, 2.24) is 15.2 Å². The minimum absolute atomic E-state index is 0.182. The van der Waals surface area contributed by atoms with E-state index in [0.717, 1.165) is 18.7 Å². The van der Waals surface area contributed by atoms with E-state index in [1.165, 1.54) is 12.3 Å². The summed E-state index contributed by atoms with van der Waals surface area (Å²) in [6, 6.07) is 3.89. The van der Waals surface area contributed by atoms with Gasteiger partial charge in [0.1, 0.15) is 5.82 Å². The Morgan fingerprint density at radius 1 is 1.32 bits per heavy atom. The van der Waals surface area contributed by atoms with Gasteiger partial charge in [-0.1, -0.05) is 20.8 Å². The maximum absolute atomic E-state index is 12.9. The van der Waals surface area contributed by atoms with Crippen molar-refractivity contribution < 1.29 is 4.39 Å². The maximum atomic E-state index is 12.9. The van der Waals surface area contributed by atoms with Crippen LogP contribution in [-0.2, 0) is 0 Å². The van der Waals surface area contributed by atoms with Crippen LogP contribution in [0.4, 0.5) is 4.39 Å². The molecule has 19 heavy (non-hydrogen) atoms. The lowest BCUT2D eigenvalue weighted by molar-refractivity contribution is 0.217. The molecule has 1 aromatic heterocycles. The lowest BCUT2D eigenvalue weighted by Gasteiger charge is -2.30. The van der Waals surface area contributed by atoms with Crippen molar-refractivity contribution in [2.24, 2.45) is 5.92 Å². The van der Waals surface area contributed by atoms with E-state index >= 15 is 0 Å². The molecule has 0 amide bonds. The molecule has 2 atom stereocenters. The number of likely N-dealkylation sites (N-methyl/N-ethyl adjacent to an activating group) is 1. The third-order valence-electron chi connectivity index (χ3n) is 3.52.